The molecule has 1 heterocycles. The van der Waals surface area contributed by atoms with Gasteiger partial charge in [-0.3, -0.25) is 4.90 Å². The number of pyridine rings is 1. The van der Waals surface area contributed by atoms with Crippen LogP contribution in [-0.4, -0.2) is 39.7 Å². The van der Waals surface area contributed by atoms with Gasteiger partial charge in [0.25, 0.3) is 0 Å². The van der Waals surface area contributed by atoms with Crippen LogP contribution in [0.4, 0.5) is 4.79 Å². The Balaban J connectivity index is 3.34. The maximum atomic E-state index is 12.0. The summed E-state index contributed by atoms with van der Waals surface area (Å²) in [5, 5.41) is 9.67. The van der Waals surface area contributed by atoms with Gasteiger partial charge in [-0.2, -0.15) is 0 Å². The third kappa shape index (κ3) is 3.60. The Morgan fingerprint density at radius 3 is 2.35 bits per heavy atom. The molecule has 0 aliphatic heterocycles. The standard InChI is InChI=1S/C13H17ClN2O4/c1-13(2,3)16(12(18)19)10(11(17)20-4)8-5-6-9(14)15-7-8/h5-7,10H,1-4H3,(H,18,19). The first-order chi connectivity index (χ1) is 9.18. The highest BCUT2D eigenvalue weighted by Crippen LogP contribution is 2.29. The minimum atomic E-state index is -1.22. The van der Waals surface area contributed by atoms with Crippen molar-refractivity contribution >= 4 is 23.7 Å². The summed E-state index contributed by atoms with van der Waals surface area (Å²) in [6.07, 6.45) is 0.147. The Hall–Kier alpha value is -1.82. The van der Waals surface area contributed by atoms with Crippen LogP contribution in [0.5, 0.6) is 0 Å². The van der Waals surface area contributed by atoms with Crippen molar-refractivity contribution < 1.29 is 19.4 Å². The molecule has 1 aromatic rings. The van der Waals surface area contributed by atoms with Crippen molar-refractivity contribution in [3.05, 3.63) is 29.0 Å². The van der Waals surface area contributed by atoms with Crippen molar-refractivity contribution in [2.24, 2.45) is 0 Å². The van der Waals surface area contributed by atoms with E-state index in [4.69, 9.17) is 16.3 Å². The molecule has 7 heteroatoms. The van der Waals surface area contributed by atoms with Gasteiger partial charge in [-0.25, -0.2) is 14.6 Å². The van der Waals surface area contributed by atoms with E-state index in [9.17, 15) is 14.7 Å². The Morgan fingerprint density at radius 2 is 2.00 bits per heavy atom. The van der Waals surface area contributed by atoms with Gasteiger partial charge in [-0.15, -0.1) is 0 Å². The molecule has 110 valence electrons. The molecule has 1 unspecified atom stereocenters. The van der Waals surface area contributed by atoms with Crippen LogP contribution in [0.1, 0.15) is 32.4 Å². The van der Waals surface area contributed by atoms with E-state index < -0.39 is 23.6 Å². The second-order valence-electron chi connectivity index (χ2n) is 5.16. The Morgan fingerprint density at radius 1 is 1.40 bits per heavy atom. The minimum absolute atomic E-state index is 0.259. The zero-order valence-corrected chi connectivity index (χ0v) is 12.5. The van der Waals surface area contributed by atoms with Gasteiger partial charge in [-0.1, -0.05) is 17.7 Å². The second kappa shape index (κ2) is 6.09. The number of aromatic nitrogens is 1. The van der Waals surface area contributed by atoms with Crippen molar-refractivity contribution in [3.8, 4) is 0 Å². The second-order valence-corrected chi connectivity index (χ2v) is 5.55. The summed E-state index contributed by atoms with van der Waals surface area (Å²) in [6.45, 7) is 5.08. The molecule has 1 aromatic heterocycles. The number of amides is 1. The molecule has 0 aliphatic rings. The van der Waals surface area contributed by atoms with Crippen molar-refractivity contribution in [2.45, 2.75) is 32.4 Å². The van der Waals surface area contributed by atoms with Gasteiger partial charge in [0, 0.05) is 17.3 Å². The third-order valence-electron chi connectivity index (χ3n) is 2.68. The Labute approximate surface area is 122 Å². The third-order valence-corrected chi connectivity index (χ3v) is 2.90. The highest BCUT2D eigenvalue weighted by Gasteiger charge is 2.39. The highest BCUT2D eigenvalue weighted by molar-refractivity contribution is 6.29. The van der Waals surface area contributed by atoms with Crippen LogP contribution in [-0.2, 0) is 9.53 Å². The number of esters is 1. The van der Waals surface area contributed by atoms with Gasteiger partial charge >= 0.3 is 12.1 Å². The lowest BCUT2D eigenvalue weighted by molar-refractivity contribution is -0.148. The lowest BCUT2D eigenvalue weighted by atomic mass is 9.99. The number of hydrogen-bond donors (Lipinski definition) is 1. The van der Waals surface area contributed by atoms with E-state index in [1.54, 1.807) is 26.8 Å². The molecule has 20 heavy (non-hydrogen) atoms. The zero-order chi connectivity index (χ0) is 15.5. The molecule has 0 saturated carbocycles. The lowest BCUT2D eigenvalue weighted by Crippen LogP contribution is -2.49. The van der Waals surface area contributed by atoms with Crippen molar-refractivity contribution in [2.75, 3.05) is 7.11 Å². The fourth-order valence-electron chi connectivity index (χ4n) is 1.84. The molecule has 1 atom stereocenters. The van der Waals surface area contributed by atoms with Gasteiger partial charge in [0.1, 0.15) is 5.15 Å². The van der Waals surface area contributed by atoms with Crippen LogP contribution in [0.2, 0.25) is 5.15 Å². The van der Waals surface area contributed by atoms with E-state index in [2.05, 4.69) is 4.98 Å². The molecular formula is C13H17ClN2O4. The molecule has 1 rings (SSSR count). The summed E-state index contributed by atoms with van der Waals surface area (Å²) in [5.41, 5.74) is -0.386. The normalized spacial score (nSPS) is 12.7. The monoisotopic (exact) mass is 300 g/mol. The molecule has 0 saturated heterocycles. The topological polar surface area (TPSA) is 79.7 Å². The van der Waals surface area contributed by atoms with E-state index in [1.165, 1.54) is 19.4 Å². The zero-order valence-electron chi connectivity index (χ0n) is 11.8. The molecular weight excluding hydrogens is 284 g/mol. The van der Waals surface area contributed by atoms with E-state index in [-0.39, 0.29) is 5.15 Å². The van der Waals surface area contributed by atoms with Crippen LogP contribution in [0.3, 0.4) is 0 Å². The van der Waals surface area contributed by atoms with Crippen LogP contribution in [0.25, 0.3) is 0 Å². The first-order valence-corrected chi connectivity index (χ1v) is 6.28. The first kappa shape index (κ1) is 16.2. The van der Waals surface area contributed by atoms with E-state index in [0.717, 1.165) is 4.90 Å². The number of rotatable bonds is 3. The van der Waals surface area contributed by atoms with Crippen molar-refractivity contribution in [1.29, 1.82) is 0 Å². The van der Waals surface area contributed by atoms with Crippen LogP contribution >= 0.6 is 11.6 Å². The maximum Gasteiger partial charge on any atom is 0.408 e. The predicted octanol–water partition coefficient (Wildman–Crippen LogP) is 2.73. The summed E-state index contributed by atoms with van der Waals surface area (Å²) >= 11 is 5.70. The smallest absolute Gasteiger partial charge is 0.408 e. The number of carbonyl (C=O) groups is 2. The quantitative estimate of drug-likeness (QED) is 0.686. The summed E-state index contributed by atoms with van der Waals surface area (Å²) in [4.78, 5) is 28.4. The Kier molecular flexibility index (Phi) is 4.94. The van der Waals surface area contributed by atoms with Gasteiger partial charge in [0.2, 0.25) is 0 Å². The number of ether oxygens (including phenoxy) is 1. The average Bonchev–Trinajstić information content (AvgIpc) is 2.34. The summed E-state index contributed by atoms with van der Waals surface area (Å²) < 4.78 is 4.72. The number of methoxy groups -OCH3 is 1. The van der Waals surface area contributed by atoms with Crippen LogP contribution in [0.15, 0.2) is 18.3 Å². The van der Waals surface area contributed by atoms with E-state index in [0.29, 0.717) is 5.56 Å². The lowest BCUT2D eigenvalue weighted by Gasteiger charge is -2.38. The summed E-state index contributed by atoms with van der Waals surface area (Å²) in [5.74, 6) is -0.675. The molecule has 1 amide bonds. The minimum Gasteiger partial charge on any atom is -0.467 e. The summed E-state index contributed by atoms with van der Waals surface area (Å²) in [6, 6.07) is 1.95. The fourth-order valence-corrected chi connectivity index (χ4v) is 1.95. The summed E-state index contributed by atoms with van der Waals surface area (Å²) in [7, 11) is 1.21. The molecule has 0 bridgehead atoms. The molecule has 0 radical (unpaired) electrons. The SMILES string of the molecule is COC(=O)C(c1ccc(Cl)nc1)N(C(=O)O)C(C)(C)C. The average molecular weight is 301 g/mol. The largest absolute Gasteiger partial charge is 0.467 e. The molecule has 0 spiro atoms. The number of halogens is 1. The molecule has 1 N–H and O–H groups in total. The molecule has 0 fully saturated rings. The predicted molar refractivity (Wildman–Crippen MR) is 73.6 cm³/mol. The van der Waals surface area contributed by atoms with Crippen LogP contribution < -0.4 is 0 Å². The van der Waals surface area contributed by atoms with Gasteiger partial charge < -0.3 is 9.84 Å². The Bertz CT molecular complexity index is 496. The first-order valence-electron chi connectivity index (χ1n) is 5.90. The molecule has 0 aromatic carbocycles. The van der Waals surface area contributed by atoms with Gasteiger partial charge in [0.05, 0.1) is 7.11 Å². The van der Waals surface area contributed by atoms with E-state index >= 15 is 0 Å². The fraction of sp³-hybridized carbons (Fsp3) is 0.462. The van der Waals surface area contributed by atoms with Gasteiger partial charge in [0.15, 0.2) is 6.04 Å². The number of nitrogens with zero attached hydrogens (tertiary/aromatic N) is 2. The van der Waals surface area contributed by atoms with Crippen molar-refractivity contribution in [3.63, 3.8) is 0 Å². The maximum absolute atomic E-state index is 12.0. The molecule has 0 aliphatic carbocycles. The highest BCUT2D eigenvalue weighted by atomic mass is 35.5. The number of carboxylic acid groups (broad SMARTS) is 1. The van der Waals surface area contributed by atoms with Crippen molar-refractivity contribution in [1.82, 2.24) is 9.88 Å². The van der Waals surface area contributed by atoms with Crippen LogP contribution in [0, 0.1) is 0 Å². The van der Waals surface area contributed by atoms with E-state index in [1.807, 2.05) is 0 Å². The van der Waals surface area contributed by atoms with Gasteiger partial charge in [-0.05, 0) is 26.8 Å². The molecule has 6 nitrogen and oxygen atoms in total. The number of carbonyl (C=O) groups excluding carboxylic acids is 1. The number of hydrogen-bond acceptors (Lipinski definition) is 4.